The average Bonchev–Trinajstić information content (AvgIpc) is 2.89. The molecule has 0 atom stereocenters. The van der Waals surface area contributed by atoms with Gasteiger partial charge in [0.15, 0.2) is 5.78 Å². The van der Waals surface area contributed by atoms with Crippen molar-refractivity contribution < 1.29 is 4.79 Å². The Balaban J connectivity index is 2.02. The Hall–Kier alpha value is -0.740. The van der Waals surface area contributed by atoms with E-state index in [4.69, 9.17) is 0 Å². The Morgan fingerprint density at radius 2 is 2.19 bits per heavy atom. The van der Waals surface area contributed by atoms with Gasteiger partial charge in [0, 0.05) is 11.6 Å². The molecule has 2 heterocycles. The standard InChI is InChI=1S/C12H18N2OS/c1-12(2,14-6-3-4-7-14)10(15)9-11-13-5-8-16-11/h5,8H,3-4,6-7,9H2,1-2H3. The smallest absolute Gasteiger partial charge is 0.159 e. The maximum atomic E-state index is 12.2. The van der Waals surface area contributed by atoms with Crippen molar-refractivity contribution in [1.29, 1.82) is 0 Å². The quantitative estimate of drug-likeness (QED) is 0.805. The molecule has 0 aromatic carbocycles. The molecular weight excluding hydrogens is 220 g/mol. The van der Waals surface area contributed by atoms with Gasteiger partial charge in [0.05, 0.1) is 17.0 Å². The van der Waals surface area contributed by atoms with Gasteiger partial charge < -0.3 is 0 Å². The zero-order valence-corrected chi connectivity index (χ0v) is 10.7. The number of nitrogens with zero attached hydrogens (tertiary/aromatic N) is 2. The van der Waals surface area contributed by atoms with Crippen LogP contribution in [0.25, 0.3) is 0 Å². The zero-order valence-electron chi connectivity index (χ0n) is 9.90. The number of ketones is 1. The van der Waals surface area contributed by atoms with Crippen LogP contribution in [-0.2, 0) is 11.2 Å². The minimum absolute atomic E-state index is 0.282. The number of carbonyl (C=O) groups excluding carboxylic acids is 1. The second kappa shape index (κ2) is 4.63. The first kappa shape index (κ1) is 11.7. The highest BCUT2D eigenvalue weighted by molar-refractivity contribution is 7.09. The number of hydrogen-bond donors (Lipinski definition) is 0. The third-order valence-electron chi connectivity index (χ3n) is 3.37. The van der Waals surface area contributed by atoms with Crippen molar-refractivity contribution in [3.8, 4) is 0 Å². The summed E-state index contributed by atoms with van der Waals surface area (Å²) < 4.78 is 0. The fraction of sp³-hybridized carbons (Fsp3) is 0.667. The molecule has 0 aliphatic carbocycles. The van der Waals surface area contributed by atoms with Gasteiger partial charge in [0.25, 0.3) is 0 Å². The maximum absolute atomic E-state index is 12.2. The van der Waals surface area contributed by atoms with E-state index >= 15 is 0 Å². The van der Waals surface area contributed by atoms with Gasteiger partial charge in [0.2, 0.25) is 0 Å². The van der Waals surface area contributed by atoms with Crippen molar-refractivity contribution in [2.45, 2.75) is 38.6 Å². The lowest BCUT2D eigenvalue weighted by atomic mass is 9.95. The van der Waals surface area contributed by atoms with Crippen molar-refractivity contribution in [3.05, 3.63) is 16.6 Å². The summed E-state index contributed by atoms with van der Waals surface area (Å²) in [6.07, 6.45) is 4.67. The minimum Gasteiger partial charge on any atom is -0.297 e. The number of Topliss-reactive ketones (excluding diaryl/α,β-unsaturated/α-hetero) is 1. The second-order valence-corrected chi connectivity index (χ2v) is 5.76. The Bertz CT molecular complexity index is 353. The Morgan fingerprint density at radius 1 is 1.50 bits per heavy atom. The van der Waals surface area contributed by atoms with Gasteiger partial charge in [0.1, 0.15) is 0 Å². The van der Waals surface area contributed by atoms with Gasteiger partial charge in [-0.3, -0.25) is 9.69 Å². The van der Waals surface area contributed by atoms with Gasteiger partial charge in [-0.2, -0.15) is 0 Å². The summed E-state index contributed by atoms with van der Waals surface area (Å²) in [4.78, 5) is 18.7. The summed E-state index contributed by atoms with van der Waals surface area (Å²) in [6, 6.07) is 0. The van der Waals surface area contributed by atoms with E-state index in [1.54, 1.807) is 17.5 Å². The highest BCUT2D eigenvalue weighted by Crippen LogP contribution is 2.23. The lowest BCUT2D eigenvalue weighted by molar-refractivity contribution is -0.128. The van der Waals surface area contributed by atoms with Crippen LogP contribution in [0.15, 0.2) is 11.6 Å². The van der Waals surface area contributed by atoms with E-state index in [9.17, 15) is 4.79 Å². The first-order chi connectivity index (χ1) is 7.60. The van der Waals surface area contributed by atoms with Gasteiger partial charge in [-0.1, -0.05) is 0 Å². The molecule has 0 radical (unpaired) electrons. The van der Waals surface area contributed by atoms with E-state index in [1.807, 2.05) is 19.2 Å². The van der Waals surface area contributed by atoms with E-state index in [0.29, 0.717) is 6.42 Å². The van der Waals surface area contributed by atoms with Gasteiger partial charge in [-0.15, -0.1) is 11.3 Å². The predicted molar refractivity (Wildman–Crippen MR) is 65.7 cm³/mol. The molecule has 1 fully saturated rings. The third-order valence-corrected chi connectivity index (χ3v) is 4.15. The van der Waals surface area contributed by atoms with Gasteiger partial charge in [-0.05, 0) is 39.8 Å². The van der Waals surface area contributed by atoms with Crippen LogP contribution < -0.4 is 0 Å². The van der Waals surface area contributed by atoms with Crippen LogP contribution in [-0.4, -0.2) is 34.3 Å². The van der Waals surface area contributed by atoms with Gasteiger partial charge >= 0.3 is 0 Å². The monoisotopic (exact) mass is 238 g/mol. The van der Waals surface area contributed by atoms with Gasteiger partial charge in [-0.25, -0.2) is 4.98 Å². The lowest BCUT2D eigenvalue weighted by Crippen LogP contribution is -2.49. The van der Waals surface area contributed by atoms with Crippen molar-refractivity contribution in [2.24, 2.45) is 0 Å². The largest absolute Gasteiger partial charge is 0.297 e. The van der Waals surface area contributed by atoms with E-state index in [0.717, 1.165) is 18.1 Å². The van der Waals surface area contributed by atoms with E-state index in [2.05, 4.69) is 9.88 Å². The molecule has 1 aliphatic heterocycles. The number of likely N-dealkylation sites (tertiary alicyclic amines) is 1. The van der Waals surface area contributed by atoms with Crippen LogP contribution in [0.3, 0.4) is 0 Å². The number of rotatable bonds is 4. The maximum Gasteiger partial charge on any atom is 0.159 e. The molecule has 0 spiro atoms. The van der Waals surface area contributed by atoms with Crippen LogP contribution >= 0.6 is 11.3 Å². The molecule has 16 heavy (non-hydrogen) atoms. The van der Waals surface area contributed by atoms with Crippen LogP contribution in [0.1, 0.15) is 31.7 Å². The van der Waals surface area contributed by atoms with Crippen molar-refractivity contribution >= 4 is 17.1 Å². The molecule has 0 bridgehead atoms. The molecule has 0 saturated carbocycles. The Labute approximate surface area is 100 Å². The van der Waals surface area contributed by atoms with Crippen molar-refractivity contribution in [1.82, 2.24) is 9.88 Å². The zero-order chi connectivity index (χ0) is 11.6. The topological polar surface area (TPSA) is 33.2 Å². The molecule has 3 nitrogen and oxygen atoms in total. The van der Waals surface area contributed by atoms with Crippen LogP contribution in [0.5, 0.6) is 0 Å². The first-order valence-electron chi connectivity index (χ1n) is 5.77. The first-order valence-corrected chi connectivity index (χ1v) is 6.65. The van der Waals surface area contributed by atoms with Crippen LogP contribution in [0.2, 0.25) is 0 Å². The Morgan fingerprint density at radius 3 is 2.75 bits per heavy atom. The molecule has 0 unspecified atom stereocenters. The molecular formula is C12H18N2OS. The van der Waals surface area contributed by atoms with Crippen molar-refractivity contribution in [3.63, 3.8) is 0 Å². The molecule has 1 aliphatic rings. The number of thiazole rings is 1. The molecule has 88 valence electrons. The second-order valence-electron chi connectivity index (χ2n) is 4.78. The summed E-state index contributed by atoms with van der Waals surface area (Å²) in [5, 5.41) is 2.85. The molecule has 1 aromatic heterocycles. The molecule has 4 heteroatoms. The molecule has 1 saturated heterocycles. The Kier molecular flexibility index (Phi) is 3.40. The van der Waals surface area contributed by atoms with Crippen LogP contribution in [0, 0.1) is 0 Å². The molecule has 1 aromatic rings. The highest BCUT2D eigenvalue weighted by atomic mass is 32.1. The van der Waals surface area contributed by atoms with E-state index in [1.165, 1.54) is 12.8 Å². The highest BCUT2D eigenvalue weighted by Gasteiger charge is 2.35. The van der Waals surface area contributed by atoms with E-state index < -0.39 is 0 Å². The number of hydrogen-bond acceptors (Lipinski definition) is 4. The minimum atomic E-state index is -0.331. The third kappa shape index (κ3) is 2.33. The average molecular weight is 238 g/mol. The predicted octanol–water partition coefficient (Wildman–Crippen LogP) is 2.13. The molecule has 2 rings (SSSR count). The lowest BCUT2D eigenvalue weighted by Gasteiger charge is -2.33. The number of carbonyl (C=O) groups is 1. The number of aromatic nitrogens is 1. The summed E-state index contributed by atoms with van der Waals surface area (Å²) in [5.41, 5.74) is -0.331. The van der Waals surface area contributed by atoms with E-state index in [-0.39, 0.29) is 11.3 Å². The van der Waals surface area contributed by atoms with Crippen LogP contribution in [0.4, 0.5) is 0 Å². The summed E-state index contributed by atoms with van der Waals surface area (Å²) >= 11 is 1.56. The van der Waals surface area contributed by atoms with Crippen molar-refractivity contribution in [2.75, 3.05) is 13.1 Å². The summed E-state index contributed by atoms with van der Waals surface area (Å²) in [5.74, 6) is 0.282. The summed E-state index contributed by atoms with van der Waals surface area (Å²) in [7, 11) is 0. The normalized spacial score (nSPS) is 17.9. The molecule has 0 amide bonds. The fourth-order valence-electron chi connectivity index (χ4n) is 2.15. The summed E-state index contributed by atoms with van der Waals surface area (Å²) in [6.45, 7) is 6.18. The fourth-order valence-corrected chi connectivity index (χ4v) is 2.76. The SMILES string of the molecule is CC(C)(C(=O)Cc1nccs1)N1CCCC1. The molecule has 0 N–H and O–H groups in total.